The molecule has 0 aromatic carbocycles. The molecule has 0 fully saturated rings. The molecule has 1 aromatic heterocycles. The van der Waals surface area contributed by atoms with Crippen LogP contribution >= 0.6 is 11.3 Å². The Labute approximate surface area is 85.3 Å². The fourth-order valence-electron chi connectivity index (χ4n) is 0.873. The molecule has 1 unspecified atom stereocenters. The molecule has 0 radical (unpaired) electrons. The standard InChI is InChI=1S/C8H11NO4S/c1-12-3-6-9-5(4-14-6)7(10)8(11)13-2/h4,7,10H,3H2,1-2H3. The second kappa shape index (κ2) is 5.04. The average Bonchev–Trinajstić information content (AvgIpc) is 2.64. The minimum atomic E-state index is -1.30. The highest BCUT2D eigenvalue weighted by Gasteiger charge is 2.20. The molecule has 1 N–H and O–H groups in total. The zero-order chi connectivity index (χ0) is 10.6. The minimum absolute atomic E-state index is 0.300. The van der Waals surface area contributed by atoms with E-state index in [1.165, 1.54) is 18.4 Å². The molecular weight excluding hydrogens is 206 g/mol. The number of carbonyl (C=O) groups is 1. The summed E-state index contributed by atoms with van der Waals surface area (Å²) in [4.78, 5) is 15.0. The summed E-state index contributed by atoms with van der Waals surface area (Å²) in [5, 5.41) is 11.7. The number of thiazole rings is 1. The fraction of sp³-hybridized carbons (Fsp3) is 0.500. The van der Waals surface area contributed by atoms with Crippen LogP contribution in [-0.4, -0.2) is 30.3 Å². The normalized spacial score (nSPS) is 12.5. The highest BCUT2D eigenvalue weighted by atomic mass is 32.1. The predicted octanol–water partition coefficient (Wildman–Crippen LogP) is 0.496. The first kappa shape index (κ1) is 11.1. The summed E-state index contributed by atoms with van der Waals surface area (Å²) in [5.41, 5.74) is 0.300. The maximum absolute atomic E-state index is 10.9. The van der Waals surface area contributed by atoms with Gasteiger partial charge < -0.3 is 14.6 Å². The van der Waals surface area contributed by atoms with Gasteiger partial charge in [-0.05, 0) is 0 Å². The van der Waals surface area contributed by atoms with Crippen molar-refractivity contribution in [1.82, 2.24) is 4.98 Å². The monoisotopic (exact) mass is 217 g/mol. The van der Waals surface area contributed by atoms with E-state index >= 15 is 0 Å². The number of hydrogen-bond donors (Lipinski definition) is 1. The number of carbonyl (C=O) groups excluding carboxylic acids is 1. The maximum atomic E-state index is 10.9. The molecule has 1 atom stereocenters. The van der Waals surface area contributed by atoms with Crippen LogP contribution < -0.4 is 0 Å². The van der Waals surface area contributed by atoms with Crippen molar-refractivity contribution in [3.8, 4) is 0 Å². The number of hydrogen-bond acceptors (Lipinski definition) is 6. The number of aliphatic hydroxyl groups excluding tert-OH is 1. The van der Waals surface area contributed by atoms with Crippen molar-refractivity contribution in [3.63, 3.8) is 0 Å². The predicted molar refractivity (Wildman–Crippen MR) is 49.8 cm³/mol. The zero-order valence-corrected chi connectivity index (χ0v) is 8.71. The maximum Gasteiger partial charge on any atom is 0.341 e. The van der Waals surface area contributed by atoms with Crippen LogP contribution in [0, 0.1) is 0 Å². The van der Waals surface area contributed by atoms with Gasteiger partial charge in [-0.2, -0.15) is 0 Å². The molecule has 14 heavy (non-hydrogen) atoms. The number of nitrogens with zero attached hydrogens (tertiary/aromatic N) is 1. The highest BCUT2D eigenvalue weighted by molar-refractivity contribution is 7.09. The quantitative estimate of drug-likeness (QED) is 0.743. The van der Waals surface area contributed by atoms with Gasteiger partial charge in [0.05, 0.1) is 19.4 Å². The van der Waals surface area contributed by atoms with E-state index in [1.54, 1.807) is 12.5 Å². The van der Waals surface area contributed by atoms with Crippen molar-refractivity contribution in [2.45, 2.75) is 12.7 Å². The molecule has 6 heteroatoms. The molecule has 0 bridgehead atoms. The van der Waals surface area contributed by atoms with E-state index in [9.17, 15) is 9.90 Å². The van der Waals surface area contributed by atoms with Gasteiger partial charge in [-0.3, -0.25) is 0 Å². The van der Waals surface area contributed by atoms with Crippen molar-refractivity contribution in [1.29, 1.82) is 0 Å². The van der Waals surface area contributed by atoms with Crippen molar-refractivity contribution in [2.75, 3.05) is 14.2 Å². The van der Waals surface area contributed by atoms with Crippen LogP contribution in [0.15, 0.2) is 5.38 Å². The Hall–Kier alpha value is -0.980. The first-order chi connectivity index (χ1) is 6.69. The third kappa shape index (κ3) is 2.50. The van der Waals surface area contributed by atoms with Gasteiger partial charge in [-0.25, -0.2) is 9.78 Å². The fourth-order valence-corrected chi connectivity index (χ4v) is 1.66. The van der Waals surface area contributed by atoms with Gasteiger partial charge >= 0.3 is 5.97 Å². The molecule has 0 saturated carbocycles. The zero-order valence-electron chi connectivity index (χ0n) is 7.89. The number of ether oxygens (including phenoxy) is 2. The highest BCUT2D eigenvalue weighted by Crippen LogP contribution is 2.18. The summed E-state index contributed by atoms with van der Waals surface area (Å²) >= 11 is 1.33. The number of esters is 1. The molecule has 0 amide bonds. The first-order valence-electron chi connectivity index (χ1n) is 3.88. The van der Waals surface area contributed by atoms with Crippen molar-refractivity contribution in [3.05, 3.63) is 16.1 Å². The lowest BCUT2D eigenvalue weighted by molar-refractivity contribution is -0.150. The Balaban J connectivity index is 2.70. The van der Waals surface area contributed by atoms with E-state index in [2.05, 4.69) is 9.72 Å². The molecule has 0 spiro atoms. The number of aliphatic hydroxyl groups is 1. The lowest BCUT2D eigenvalue weighted by Crippen LogP contribution is -2.13. The molecule has 0 aliphatic heterocycles. The van der Waals surface area contributed by atoms with Crippen molar-refractivity contribution >= 4 is 17.3 Å². The van der Waals surface area contributed by atoms with Crippen molar-refractivity contribution in [2.24, 2.45) is 0 Å². The van der Waals surface area contributed by atoms with Gasteiger partial charge in [0.1, 0.15) is 5.01 Å². The third-order valence-electron chi connectivity index (χ3n) is 1.54. The number of rotatable bonds is 4. The van der Waals surface area contributed by atoms with Crippen LogP contribution in [0.4, 0.5) is 0 Å². The van der Waals surface area contributed by atoms with Crippen LogP contribution in [0.25, 0.3) is 0 Å². The van der Waals surface area contributed by atoms with E-state index in [4.69, 9.17) is 4.74 Å². The van der Waals surface area contributed by atoms with Crippen LogP contribution in [0.5, 0.6) is 0 Å². The molecule has 0 aliphatic rings. The van der Waals surface area contributed by atoms with Gasteiger partial charge in [0, 0.05) is 12.5 Å². The van der Waals surface area contributed by atoms with Crippen LogP contribution in [0.3, 0.4) is 0 Å². The topological polar surface area (TPSA) is 68.7 Å². The lowest BCUT2D eigenvalue weighted by Gasteiger charge is -2.03. The molecule has 5 nitrogen and oxygen atoms in total. The van der Waals surface area contributed by atoms with Gasteiger partial charge in [0.2, 0.25) is 0 Å². The average molecular weight is 217 g/mol. The number of aromatic nitrogens is 1. The summed E-state index contributed by atoms with van der Waals surface area (Å²) in [6.07, 6.45) is -1.30. The Morgan fingerprint density at radius 2 is 2.43 bits per heavy atom. The minimum Gasteiger partial charge on any atom is -0.467 e. The Kier molecular flexibility index (Phi) is 3.99. The first-order valence-corrected chi connectivity index (χ1v) is 4.76. The van der Waals surface area contributed by atoms with E-state index < -0.39 is 12.1 Å². The second-order valence-corrected chi connectivity index (χ2v) is 3.47. The summed E-state index contributed by atoms with van der Waals surface area (Å²) in [7, 11) is 2.77. The molecule has 1 heterocycles. The molecule has 78 valence electrons. The van der Waals surface area contributed by atoms with E-state index in [1.807, 2.05) is 0 Å². The van der Waals surface area contributed by atoms with Gasteiger partial charge in [0.15, 0.2) is 6.10 Å². The van der Waals surface area contributed by atoms with E-state index in [0.29, 0.717) is 17.3 Å². The van der Waals surface area contributed by atoms with E-state index in [-0.39, 0.29) is 0 Å². The Morgan fingerprint density at radius 1 is 1.71 bits per heavy atom. The molecular formula is C8H11NO4S. The molecule has 0 saturated heterocycles. The summed E-state index contributed by atoms with van der Waals surface area (Å²) in [6.45, 7) is 0.374. The van der Waals surface area contributed by atoms with Gasteiger partial charge in [0.25, 0.3) is 0 Å². The third-order valence-corrected chi connectivity index (χ3v) is 2.38. The molecule has 1 rings (SSSR count). The Morgan fingerprint density at radius 3 is 3.00 bits per heavy atom. The second-order valence-electron chi connectivity index (χ2n) is 2.52. The summed E-state index contributed by atoms with van der Waals surface area (Å²) in [6, 6.07) is 0. The summed E-state index contributed by atoms with van der Waals surface area (Å²) < 4.78 is 9.24. The molecule has 1 aromatic rings. The van der Waals surface area contributed by atoms with E-state index in [0.717, 1.165) is 0 Å². The summed E-state index contributed by atoms with van der Waals surface area (Å²) in [5.74, 6) is -0.709. The van der Waals surface area contributed by atoms with Gasteiger partial charge in [-0.15, -0.1) is 11.3 Å². The molecule has 0 aliphatic carbocycles. The largest absolute Gasteiger partial charge is 0.467 e. The SMILES string of the molecule is COCc1nc(C(O)C(=O)OC)cs1. The van der Waals surface area contributed by atoms with Crippen LogP contribution in [0.2, 0.25) is 0 Å². The van der Waals surface area contributed by atoms with Crippen molar-refractivity contribution < 1.29 is 19.4 Å². The lowest BCUT2D eigenvalue weighted by atomic mass is 10.3. The van der Waals surface area contributed by atoms with Crippen LogP contribution in [0.1, 0.15) is 16.8 Å². The van der Waals surface area contributed by atoms with Gasteiger partial charge in [-0.1, -0.05) is 0 Å². The smallest absolute Gasteiger partial charge is 0.341 e. The Bertz CT molecular complexity index is 312. The van der Waals surface area contributed by atoms with Crippen LogP contribution in [-0.2, 0) is 20.9 Å². The number of methoxy groups -OCH3 is 2.